The van der Waals surface area contributed by atoms with Crippen molar-refractivity contribution in [1.82, 2.24) is 20.3 Å². The Morgan fingerprint density at radius 1 is 1.08 bits per heavy atom. The molecule has 0 fully saturated rings. The Labute approximate surface area is 156 Å². The fourth-order valence-electron chi connectivity index (χ4n) is 2.36. The van der Waals surface area contributed by atoms with Crippen molar-refractivity contribution in [3.05, 3.63) is 76.3 Å². The zero-order valence-corrected chi connectivity index (χ0v) is 15.2. The lowest BCUT2D eigenvalue weighted by atomic mass is 10.2. The van der Waals surface area contributed by atoms with Crippen molar-refractivity contribution in [3.8, 4) is 0 Å². The van der Waals surface area contributed by atoms with E-state index in [0.717, 1.165) is 16.8 Å². The maximum atomic E-state index is 12.4. The number of hydrogen-bond donors (Lipinski definition) is 2. The molecule has 0 bridgehead atoms. The first-order chi connectivity index (χ1) is 12.5. The van der Waals surface area contributed by atoms with Crippen molar-refractivity contribution in [2.75, 3.05) is 5.32 Å². The molecule has 1 amide bonds. The number of pyridine rings is 1. The fraction of sp³-hybridized carbons (Fsp3) is 0.158. The summed E-state index contributed by atoms with van der Waals surface area (Å²) in [6.07, 6.45) is 3.37. The van der Waals surface area contributed by atoms with Gasteiger partial charge in [-0.2, -0.15) is 0 Å². The third kappa shape index (κ3) is 4.55. The monoisotopic (exact) mass is 367 g/mol. The highest BCUT2D eigenvalue weighted by molar-refractivity contribution is 6.30. The molecule has 0 saturated heterocycles. The quantitative estimate of drug-likeness (QED) is 0.716. The Balaban J connectivity index is 1.76. The van der Waals surface area contributed by atoms with Crippen LogP contribution in [0.2, 0.25) is 5.02 Å². The van der Waals surface area contributed by atoms with E-state index in [9.17, 15) is 4.79 Å². The van der Waals surface area contributed by atoms with Crippen molar-refractivity contribution in [1.29, 1.82) is 0 Å². The smallest absolute Gasteiger partial charge is 0.270 e. The molecule has 0 atom stereocenters. The van der Waals surface area contributed by atoms with E-state index in [0.29, 0.717) is 28.9 Å². The van der Waals surface area contributed by atoms with Gasteiger partial charge in [-0.3, -0.25) is 9.78 Å². The van der Waals surface area contributed by atoms with E-state index in [-0.39, 0.29) is 5.91 Å². The molecule has 0 aliphatic carbocycles. The van der Waals surface area contributed by atoms with E-state index < -0.39 is 0 Å². The number of nitrogens with one attached hydrogen (secondary N) is 2. The molecule has 0 radical (unpaired) electrons. The number of amides is 1. The van der Waals surface area contributed by atoms with E-state index in [2.05, 4.69) is 25.6 Å². The number of aromatic nitrogens is 3. The Morgan fingerprint density at radius 2 is 1.85 bits per heavy atom. The molecule has 0 unspecified atom stereocenters. The molecular weight excluding hydrogens is 350 g/mol. The van der Waals surface area contributed by atoms with Gasteiger partial charge in [0.05, 0.1) is 0 Å². The van der Waals surface area contributed by atoms with Crippen LogP contribution in [0.1, 0.15) is 27.3 Å². The lowest BCUT2D eigenvalue weighted by molar-refractivity contribution is 0.0945. The molecule has 132 valence electrons. The minimum absolute atomic E-state index is 0.266. The molecular formula is C19H18ClN5O. The predicted octanol–water partition coefficient (Wildman–Crippen LogP) is 3.82. The molecule has 26 heavy (non-hydrogen) atoms. The van der Waals surface area contributed by atoms with Gasteiger partial charge >= 0.3 is 0 Å². The van der Waals surface area contributed by atoms with Crippen LogP contribution in [0.25, 0.3) is 0 Å². The average Bonchev–Trinajstić information content (AvgIpc) is 2.63. The number of hydrogen-bond acceptors (Lipinski definition) is 5. The van der Waals surface area contributed by atoms with Crippen molar-refractivity contribution < 1.29 is 4.79 Å². The number of carbonyl (C=O) groups is 1. The maximum Gasteiger partial charge on any atom is 0.270 e. The van der Waals surface area contributed by atoms with Crippen molar-refractivity contribution in [2.24, 2.45) is 0 Å². The summed E-state index contributed by atoms with van der Waals surface area (Å²) in [6.45, 7) is 4.18. The van der Waals surface area contributed by atoms with E-state index in [4.69, 9.17) is 11.6 Å². The van der Waals surface area contributed by atoms with Crippen LogP contribution in [-0.2, 0) is 6.54 Å². The van der Waals surface area contributed by atoms with Gasteiger partial charge in [-0.15, -0.1) is 0 Å². The molecule has 0 saturated carbocycles. The van der Waals surface area contributed by atoms with Gasteiger partial charge in [0.25, 0.3) is 5.91 Å². The number of halogens is 1. The minimum Gasteiger partial charge on any atom is -0.347 e. The first-order valence-corrected chi connectivity index (χ1v) is 8.45. The van der Waals surface area contributed by atoms with Gasteiger partial charge in [-0.1, -0.05) is 17.7 Å². The van der Waals surface area contributed by atoms with Gasteiger partial charge < -0.3 is 10.6 Å². The molecule has 7 heteroatoms. The first-order valence-electron chi connectivity index (χ1n) is 8.07. The van der Waals surface area contributed by atoms with Crippen molar-refractivity contribution >= 4 is 29.1 Å². The van der Waals surface area contributed by atoms with Crippen LogP contribution in [0.4, 0.5) is 11.6 Å². The summed E-state index contributed by atoms with van der Waals surface area (Å²) in [4.78, 5) is 25.1. The summed E-state index contributed by atoms with van der Waals surface area (Å²) < 4.78 is 0. The van der Waals surface area contributed by atoms with Gasteiger partial charge in [-0.05, 0) is 55.3 Å². The molecule has 3 aromatic rings. The predicted molar refractivity (Wildman–Crippen MR) is 102 cm³/mol. The molecule has 2 heterocycles. The Kier molecular flexibility index (Phi) is 5.43. The normalized spacial score (nSPS) is 10.4. The van der Waals surface area contributed by atoms with Crippen LogP contribution in [0, 0.1) is 13.8 Å². The largest absolute Gasteiger partial charge is 0.347 e. The van der Waals surface area contributed by atoms with Crippen LogP contribution >= 0.6 is 11.6 Å². The Morgan fingerprint density at radius 3 is 2.62 bits per heavy atom. The van der Waals surface area contributed by atoms with Gasteiger partial charge in [-0.25, -0.2) is 9.97 Å². The maximum absolute atomic E-state index is 12.4. The SMILES string of the molecule is Cc1cc(C(=O)NCc2ccncc2)nc(Nc2cc(Cl)ccc2C)n1. The van der Waals surface area contributed by atoms with Gasteiger partial charge in [0.15, 0.2) is 0 Å². The van der Waals surface area contributed by atoms with Crippen LogP contribution < -0.4 is 10.6 Å². The molecule has 2 aromatic heterocycles. The van der Waals surface area contributed by atoms with Crippen LogP contribution in [0.15, 0.2) is 48.8 Å². The van der Waals surface area contributed by atoms with E-state index in [1.54, 1.807) is 24.5 Å². The lowest BCUT2D eigenvalue weighted by Crippen LogP contribution is -2.24. The highest BCUT2D eigenvalue weighted by Crippen LogP contribution is 2.22. The molecule has 1 aromatic carbocycles. The van der Waals surface area contributed by atoms with Crippen LogP contribution in [0.3, 0.4) is 0 Å². The second-order valence-corrected chi connectivity index (χ2v) is 6.28. The second-order valence-electron chi connectivity index (χ2n) is 5.84. The molecule has 6 nitrogen and oxygen atoms in total. The summed E-state index contributed by atoms with van der Waals surface area (Å²) in [5.74, 6) is 0.0857. The minimum atomic E-state index is -0.266. The highest BCUT2D eigenvalue weighted by atomic mass is 35.5. The Bertz CT molecular complexity index is 930. The van der Waals surface area contributed by atoms with Crippen LogP contribution in [0.5, 0.6) is 0 Å². The summed E-state index contributed by atoms with van der Waals surface area (Å²) in [5.41, 5.74) is 3.76. The summed E-state index contributed by atoms with van der Waals surface area (Å²) in [7, 11) is 0. The molecule has 2 N–H and O–H groups in total. The third-order valence-electron chi connectivity index (χ3n) is 3.74. The topological polar surface area (TPSA) is 79.8 Å². The van der Waals surface area contributed by atoms with E-state index in [1.807, 2.05) is 38.1 Å². The zero-order chi connectivity index (χ0) is 18.5. The van der Waals surface area contributed by atoms with E-state index in [1.165, 1.54) is 0 Å². The molecule has 0 aliphatic heterocycles. The standard InChI is InChI=1S/C19H18ClN5O/c1-12-3-4-15(20)10-16(12)24-19-23-13(2)9-17(25-19)18(26)22-11-14-5-7-21-8-6-14/h3-10H,11H2,1-2H3,(H,22,26)(H,23,24,25). The van der Waals surface area contributed by atoms with Gasteiger partial charge in [0.1, 0.15) is 5.69 Å². The fourth-order valence-corrected chi connectivity index (χ4v) is 2.54. The second kappa shape index (κ2) is 7.93. The summed E-state index contributed by atoms with van der Waals surface area (Å²) >= 11 is 6.05. The van der Waals surface area contributed by atoms with Gasteiger partial charge in [0.2, 0.25) is 5.95 Å². The number of benzene rings is 1. The van der Waals surface area contributed by atoms with E-state index >= 15 is 0 Å². The third-order valence-corrected chi connectivity index (χ3v) is 3.97. The zero-order valence-electron chi connectivity index (χ0n) is 14.5. The number of anilines is 2. The Hall–Kier alpha value is -2.99. The number of nitrogens with zero attached hydrogens (tertiary/aromatic N) is 3. The number of rotatable bonds is 5. The van der Waals surface area contributed by atoms with Crippen molar-refractivity contribution in [3.63, 3.8) is 0 Å². The van der Waals surface area contributed by atoms with Crippen LogP contribution in [-0.4, -0.2) is 20.9 Å². The molecule has 0 aliphatic rings. The number of aryl methyl sites for hydroxylation is 2. The highest BCUT2D eigenvalue weighted by Gasteiger charge is 2.11. The molecule has 0 spiro atoms. The van der Waals surface area contributed by atoms with Gasteiger partial charge in [0, 0.05) is 35.3 Å². The summed E-state index contributed by atoms with van der Waals surface area (Å²) in [5, 5.41) is 6.59. The first kappa shape index (κ1) is 17.8. The van der Waals surface area contributed by atoms with Crippen molar-refractivity contribution in [2.45, 2.75) is 20.4 Å². The summed E-state index contributed by atoms with van der Waals surface area (Å²) in [6, 6.07) is 10.9. The lowest BCUT2D eigenvalue weighted by Gasteiger charge is -2.11. The average molecular weight is 368 g/mol. The number of carbonyl (C=O) groups excluding carboxylic acids is 1. The molecule has 3 rings (SSSR count).